The largest absolute Gasteiger partial charge is 0.445 e. The summed E-state index contributed by atoms with van der Waals surface area (Å²) in [6.07, 6.45) is 0.181. The van der Waals surface area contributed by atoms with Gasteiger partial charge in [-0.3, -0.25) is 4.79 Å². The van der Waals surface area contributed by atoms with Gasteiger partial charge in [-0.05, 0) is 25.3 Å². The molecule has 0 N–H and O–H groups in total. The lowest BCUT2D eigenvalue weighted by Gasteiger charge is -2.39. The van der Waals surface area contributed by atoms with Crippen molar-refractivity contribution in [1.29, 1.82) is 0 Å². The number of halogens is 1. The van der Waals surface area contributed by atoms with Gasteiger partial charge in [0.05, 0.1) is 18.1 Å². The quantitative estimate of drug-likeness (QED) is 0.349. The molecule has 8 heteroatoms. The SMILES string of the molecule is CC1(C(=O)OC2COCC(CI)O2)CCCN(C(=O)OCc2ccccc2)C1. The molecule has 2 fully saturated rings. The van der Waals surface area contributed by atoms with Crippen molar-refractivity contribution in [2.75, 3.05) is 30.7 Å². The van der Waals surface area contributed by atoms with Crippen molar-refractivity contribution >= 4 is 34.7 Å². The number of rotatable bonds is 5. The molecule has 0 saturated carbocycles. The number of benzene rings is 1. The smallest absolute Gasteiger partial charge is 0.410 e. The molecule has 0 aromatic heterocycles. The van der Waals surface area contributed by atoms with Crippen LogP contribution in [0.3, 0.4) is 0 Å². The summed E-state index contributed by atoms with van der Waals surface area (Å²) in [6, 6.07) is 9.52. The highest BCUT2D eigenvalue weighted by Gasteiger charge is 2.42. The molecule has 0 spiro atoms. The minimum atomic E-state index is -0.787. The first kappa shape index (κ1) is 21.3. The maximum Gasteiger partial charge on any atom is 0.410 e. The number of carbonyl (C=O) groups excluding carboxylic acids is 2. The standard InChI is InChI=1S/C20H26INO6/c1-20(18(23)28-17-13-25-12-16(10-21)27-17)8-5-9-22(14-20)19(24)26-11-15-6-3-2-4-7-15/h2-4,6-7,16-17H,5,8-14H2,1H3. The van der Waals surface area contributed by atoms with Crippen molar-refractivity contribution in [2.24, 2.45) is 5.41 Å². The first-order chi connectivity index (χ1) is 13.5. The van der Waals surface area contributed by atoms with Gasteiger partial charge in [-0.1, -0.05) is 52.9 Å². The van der Waals surface area contributed by atoms with E-state index in [9.17, 15) is 9.59 Å². The van der Waals surface area contributed by atoms with E-state index in [0.29, 0.717) is 26.0 Å². The Morgan fingerprint density at radius 2 is 2.07 bits per heavy atom. The van der Waals surface area contributed by atoms with Gasteiger partial charge in [-0.15, -0.1) is 0 Å². The predicted molar refractivity (Wildman–Crippen MR) is 110 cm³/mol. The zero-order chi connectivity index (χ0) is 20.0. The van der Waals surface area contributed by atoms with Gasteiger partial charge >= 0.3 is 12.1 Å². The number of carbonyl (C=O) groups is 2. The number of amides is 1. The van der Waals surface area contributed by atoms with Gasteiger partial charge in [0, 0.05) is 17.5 Å². The van der Waals surface area contributed by atoms with E-state index in [1.807, 2.05) is 37.3 Å². The van der Waals surface area contributed by atoms with Crippen molar-refractivity contribution < 1.29 is 28.5 Å². The van der Waals surface area contributed by atoms with E-state index in [1.165, 1.54) is 0 Å². The molecule has 2 aliphatic rings. The predicted octanol–water partition coefficient (Wildman–Crippen LogP) is 3.15. The molecule has 2 saturated heterocycles. The lowest BCUT2D eigenvalue weighted by atomic mass is 9.82. The van der Waals surface area contributed by atoms with Gasteiger partial charge in [0.1, 0.15) is 13.2 Å². The van der Waals surface area contributed by atoms with E-state index < -0.39 is 17.8 Å². The Hall–Kier alpha value is -1.39. The molecular weight excluding hydrogens is 477 g/mol. The third-order valence-corrected chi connectivity index (χ3v) is 5.95. The van der Waals surface area contributed by atoms with Crippen molar-refractivity contribution in [3.63, 3.8) is 0 Å². The van der Waals surface area contributed by atoms with Crippen LogP contribution in [0.4, 0.5) is 4.79 Å². The fraction of sp³-hybridized carbons (Fsp3) is 0.600. The van der Waals surface area contributed by atoms with E-state index in [0.717, 1.165) is 9.99 Å². The molecule has 1 aromatic rings. The second-order valence-corrected chi connectivity index (χ2v) is 8.29. The number of hydrogen-bond acceptors (Lipinski definition) is 6. The molecule has 1 amide bonds. The fourth-order valence-corrected chi connectivity index (χ4v) is 3.83. The molecule has 7 nitrogen and oxygen atoms in total. The lowest BCUT2D eigenvalue weighted by Crippen LogP contribution is -2.50. The van der Waals surface area contributed by atoms with Gasteiger partial charge in [0.2, 0.25) is 6.29 Å². The average molecular weight is 503 g/mol. The summed E-state index contributed by atoms with van der Waals surface area (Å²) in [5.41, 5.74) is 0.138. The minimum Gasteiger partial charge on any atom is -0.445 e. The first-order valence-corrected chi connectivity index (χ1v) is 11.0. The van der Waals surface area contributed by atoms with Crippen LogP contribution in [0.2, 0.25) is 0 Å². The third-order valence-electron chi connectivity index (χ3n) is 4.97. The molecule has 0 aliphatic carbocycles. The Morgan fingerprint density at radius 1 is 1.29 bits per heavy atom. The Bertz CT molecular complexity index is 672. The molecule has 154 valence electrons. The Labute approximate surface area is 178 Å². The van der Waals surface area contributed by atoms with Crippen LogP contribution in [0.1, 0.15) is 25.3 Å². The molecule has 3 rings (SSSR count). The van der Waals surface area contributed by atoms with Crippen LogP contribution in [0, 0.1) is 5.41 Å². The second-order valence-electron chi connectivity index (χ2n) is 7.41. The van der Waals surface area contributed by atoms with Crippen LogP contribution in [0.25, 0.3) is 0 Å². The van der Waals surface area contributed by atoms with Crippen LogP contribution in [0.15, 0.2) is 30.3 Å². The molecule has 0 radical (unpaired) electrons. The number of nitrogens with zero attached hydrogens (tertiary/aromatic N) is 1. The van der Waals surface area contributed by atoms with Crippen molar-refractivity contribution in [3.05, 3.63) is 35.9 Å². The van der Waals surface area contributed by atoms with Gasteiger partial charge in [-0.25, -0.2) is 4.79 Å². The Kier molecular flexibility index (Phi) is 7.53. The molecule has 2 heterocycles. The van der Waals surface area contributed by atoms with Crippen molar-refractivity contribution in [1.82, 2.24) is 4.90 Å². The lowest BCUT2D eigenvalue weighted by molar-refractivity contribution is -0.239. The summed E-state index contributed by atoms with van der Waals surface area (Å²) in [7, 11) is 0. The van der Waals surface area contributed by atoms with Gasteiger partial charge in [0.25, 0.3) is 0 Å². The van der Waals surface area contributed by atoms with E-state index in [-0.39, 0.29) is 31.8 Å². The molecule has 3 unspecified atom stereocenters. The zero-order valence-corrected chi connectivity index (χ0v) is 18.1. The fourth-order valence-electron chi connectivity index (χ4n) is 3.37. The van der Waals surface area contributed by atoms with Crippen LogP contribution in [0.5, 0.6) is 0 Å². The molecular formula is C20H26INO6. The molecule has 28 heavy (non-hydrogen) atoms. The third kappa shape index (κ3) is 5.57. The summed E-state index contributed by atoms with van der Waals surface area (Å²) in [5.74, 6) is -0.365. The number of alkyl halides is 1. The Morgan fingerprint density at radius 3 is 2.82 bits per heavy atom. The minimum absolute atomic E-state index is 0.0734. The van der Waals surface area contributed by atoms with Crippen LogP contribution in [-0.4, -0.2) is 60.1 Å². The number of hydrogen-bond donors (Lipinski definition) is 0. The van der Waals surface area contributed by atoms with E-state index in [2.05, 4.69) is 22.6 Å². The highest BCUT2D eigenvalue weighted by atomic mass is 127. The molecule has 2 aliphatic heterocycles. The summed E-state index contributed by atoms with van der Waals surface area (Å²) in [6.45, 7) is 3.61. The van der Waals surface area contributed by atoms with Crippen LogP contribution < -0.4 is 0 Å². The number of likely N-dealkylation sites (tertiary alicyclic amines) is 1. The summed E-state index contributed by atoms with van der Waals surface area (Å²) in [4.78, 5) is 26.8. The summed E-state index contributed by atoms with van der Waals surface area (Å²) >= 11 is 2.21. The van der Waals surface area contributed by atoms with E-state index in [4.69, 9.17) is 18.9 Å². The van der Waals surface area contributed by atoms with Gasteiger partial charge < -0.3 is 23.8 Å². The molecule has 3 atom stereocenters. The first-order valence-electron chi connectivity index (χ1n) is 9.46. The van der Waals surface area contributed by atoms with Crippen molar-refractivity contribution in [2.45, 2.75) is 38.8 Å². The van der Waals surface area contributed by atoms with Gasteiger partial charge in [-0.2, -0.15) is 0 Å². The maximum atomic E-state index is 12.8. The van der Waals surface area contributed by atoms with Crippen LogP contribution >= 0.6 is 22.6 Å². The van der Waals surface area contributed by atoms with E-state index in [1.54, 1.807) is 4.90 Å². The van der Waals surface area contributed by atoms with Gasteiger partial charge in [0.15, 0.2) is 0 Å². The normalized spacial score (nSPS) is 27.9. The second kappa shape index (κ2) is 9.89. The molecule has 1 aromatic carbocycles. The number of ether oxygens (including phenoxy) is 4. The summed E-state index contributed by atoms with van der Waals surface area (Å²) in [5, 5.41) is 0. The van der Waals surface area contributed by atoms with Crippen molar-refractivity contribution in [3.8, 4) is 0 Å². The average Bonchev–Trinajstić information content (AvgIpc) is 2.73. The highest BCUT2D eigenvalue weighted by Crippen LogP contribution is 2.32. The maximum absolute atomic E-state index is 12.8. The van der Waals surface area contributed by atoms with Crippen LogP contribution in [-0.2, 0) is 30.3 Å². The topological polar surface area (TPSA) is 74.3 Å². The Balaban J connectivity index is 1.53. The monoisotopic (exact) mass is 503 g/mol. The summed E-state index contributed by atoms with van der Waals surface area (Å²) < 4.78 is 22.9. The zero-order valence-electron chi connectivity index (χ0n) is 16.0. The highest BCUT2D eigenvalue weighted by molar-refractivity contribution is 14.1. The molecule has 0 bridgehead atoms. The van der Waals surface area contributed by atoms with E-state index >= 15 is 0 Å². The number of esters is 1. The number of piperidine rings is 1.